The molecular formula is C19H26N6O3S. The van der Waals surface area contributed by atoms with E-state index in [9.17, 15) is 13.2 Å². The lowest BCUT2D eigenvalue weighted by Crippen LogP contribution is -2.40. The largest absolute Gasteiger partial charge is 0.397 e. The number of pyridine rings is 1. The van der Waals surface area contributed by atoms with Crippen LogP contribution in [0.15, 0.2) is 36.7 Å². The number of carbonyl (C=O) groups is 1. The molecule has 0 saturated carbocycles. The molecule has 2 aromatic rings. The first kappa shape index (κ1) is 21.0. The van der Waals surface area contributed by atoms with E-state index in [4.69, 9.17) is 11.6 Å². The molecule has 9 nitrogen and oxygen atoms in total. The molecule has 1 aliphatic rings. The van der Waals surface area contributed by atoms with Gasteiger partial charge in [0.15, 0.2) is 0 Å². The quantitative estimate of drug-likeness (QED) is 0.485. The molecule has 0 spiro atoms. The molecule has 0 unspecified atom stereocenters. The third kappa shape index (κ3) is 5.22. The molecule has 5 N–H and O–H groups in total. The Bertz CT molecular complexity index is 1040. The third-order valence-electron chi connectivity index (χ3n) is 4.94. The second-order valence-electron chi connectivity index (χ2n) is 7.31. The molecule has 1 aromatic heterocycles. The van der Waals surface area contributed by atoms with Crippen LogP contribution in [0.5, 0.6) is 0 Å². The molecule has 0 aliphatic carbocycles. The highest BCUT2D eigenvalue weighted by Crippen LogP contribution is 2.23. The number of rotatable bonds is 5. The van der Waals surface area contributed by atoms with Gasteiger partial charge in [-0.2, -0.15) is 0 Å². The molecule has 0 bridgehead atoms. The molecule has 1 fully saturated rings. The van der Waals surface area contributed by atoms with E-state index in [-0.39, 0.29) is 11.8 Å². The van der Waals surface area contributed by atoms with Crippen molar-refractivity contribution in [2.75, 3.05) is 31.7 Å². The van der Waals surface area contributed by atoms with Crippen LogP contribution in [0.3, 0.4) is 0 Å². The van der Waals surface area contributed by atoms with Gasteiger partial charge in [0.2, 0.25) is 15.9 Å². The van der Waals surface area contributed by atoms with Gasteiger partial charge in [-0.05, 0) is 35.9 Å². The fourth-order valence-electron chi connectivity index (χ4n) is 3.36. The van der Waals surface area contributed by atoms with Crippen LogP contribution in [0, 0.1) is 5.92 Å². The summed E-state index contributed by atoms with van der Waals surface area (Å²) in [7, 11) is -1.53. The second kappa shape index (κ2) is 8.36. The number of nitrogens with zero attached hydrogens (tertiary/aromatic N) is 3. The maximum atomic E-state index is 12.6. The highest BCUT2D eigenvalue weighted by molar-refractivity contribution is 7.88. The number of piperidine rings is 1. The first-order valence-corrected chi connectivity index (χ1v) is 11.1. The molecule has 0 radical (unpaired) electrons. The first-order chi connectivity index (χ1) is 13.6. The van der Waals surface area contributed by atoms with E-state index in [1.165, 1.54) is 15.6 Å². The minimum absolute atomic E-state index is 0.148. The smallest absolute Gasteiger partial charge is 0.228 e. The van der Waals surface area contributed by atoms with Crippen LogP contribution in [0.1, 0.15) is 18.4 Å². The zero-order valence-corrected chi connectivity index (χ0v) is 17.3. The van der Waals surface area contributed by atoms with E-state index >= 15 is 0 Å². The molecule has 1 aliphatic heterocycles. The Labute approximate surface area is 170 Å². The normalized spacial score (nSPS) is 16.7. The topological polar surface area (TPSA) is 135 Å². The van der Waals surface area contributed by atoms with E-state index in [2.05, 4.69) is 10.3 Å². The van der Waals surface area contributed by atoms with Gasteiger partial charge in [0.05, 0.1) is 12.0 Å². The van der Waals surface area contributed by atoms with Crippen molar-refractivity contribution in [2.45, 2.75) is 12.8 Å². The van der Waals surface area contributed by atoms with E-state index < -0.39 is 10.0 Å². The monoisotopic (exact) mass is 418 g/mol. The van der Waals surface area contributed by atoms with Crippen molar-refractivity contribution in [3.63, 3.8) is 0 Å². The maximum Gasteiger partial charge on any atom is 0.228 e. The zero-order chi connectivity index (χ0) is 21.2. The molecule has 1 amide bonds. The number of hydrazine groups is 1. The van der Waals surface area contributed by atoms with E-state index in [1.807, 2.05) is 18.2 Å². The minimum atomic E-state index is -3.21. The van der Waals surface area contributed by atoms with Gasteiger partial charge in [-0.3, -0.25) is 4.79 Å². The van der Waals surface area contributed by atoms with Crippen molar-refractivity contribution in [3.8, 4) is 0 Å². The van der Waals surface area contributed by atoms with Crippen molar-refractivity contribution in [2.24, 2.45) is 17.5 Å². The molecule has 10 heteroatoms. The van der Waals surface area contributed by atoms with Crippen LogP contribution in [-0.2, 0) is 14.8 Å². The summed E-state index contributed by atoms with van der Waals surface area (Å²) in [6, 6.07) is 7.49. The first-order valence-electron chi connectivity index (χ1n) is 9.24. The number of aromatic nitrogens is 1. The number of anilines is 1. The maximum absolute atomic E-state index is 12.6. The van der Waals surface area contributed by atoms with E-state index in [0.717, 1.165) is 16.3 Å². The van der Waals surface area contributed by atoms with E-state index in [1.54, 1.807) is 25.5 Å². The molecule has 3 rings (SSSR count). The van der Waals surface area contributed by atoms with Crippen LogP contribution < -0.4 is 16.9 Å². The number of hydrogen-bond acceptors (Lipinski definition) is 7. The van der Waals surface area contributed by atoms with Crippen LogP contribution in [0.2, 0.25) is 0 Å². The summed E-state index contributed by atoms with van der Waals surface area (Å²) in [5.41, 5.74) is 7.39. The molecule has 156 valence electrons. The van der Waals surface area contributed by atoms with Gasteiger partial charge in [0.25, 0.3) is 0 Å². The van der Waals surface area contributed by atoms with Gasteiger partial charge in [-0.15, -0.1) is 0 Å². The number of amides is 1. The summed E-state index contributed by atoms with van der Waals surface area (Å²) in [5.74, 6) is 5.67. The summed E-state index contributed by atoms with van der Waals surface area (Å²) < 4.78 is 24.6. The minimum Gasteiger partial charge on any atom is -0.397 e. The fourth-order valence-corrected chi connectivity index (χ4v) is 4.23. The van der Waals surface area contributed by atoms with Crippen LogP contribution in [0.4, 0.5) is 5.82 Å². The molecule has 2 heterocycles. The van der Waals surface area contributed by atoms with Gasteiger partial charge in [0, 0.05) is 43.8 Å². The van der Waals surface area contributed by atoms with Crippen molar-refractivity contribution < 1.29 is 13.2 Å². The Kier molecular flexibility index (Phi) is 6.06. The van der Waals surface area contributed by atoms with Crippen LogP contribution in [0.25, 0.3) is 16.5 Å². The predicted molar refractivity (Wildman–Crippen MR) is 114 cm³/mol. The van der Waals surface area contributed by atoms with Crippen molar-refractivity contribution in [3.05, 3.63) is 42.2 Å². The second-order valence-corrected chi connectivity index (χ2v) is 9.29. The number of carbonyl (C=O) groups excluding carboxylic acids is 1. The van der Waals surface area contributed by atoms with Gasteiger partial charge in [0.1, 0.15) is 5.82 Å². The summed E-state index contributed by atoms with van der Waals surface area (Å²) in [5, 5.41) is 6.03. The zero-order valence-electron chi connectivity index (χ0n) is 16.5. The predicted octanol–water partition coefficient (Wildman–Crippen LogP) is 0.908. The highest BCUT2D eigenvalue weighted by atomic mass is 32.2. The number of fused-ring (bicyclic) bond motifs is 1. The standard InChI is InChI=1S/C19H26N6O3S/c1-24(21)12-17(20)14-3-4-15-11-22-18(10-16(15)9-14)23-19(26)13-5-7-25(8-6-13)29(2,27)28/h3-4,9-13H,5-8,20-21H2,1-2H3,(H,22,23,26)/b17-12-. The Morgan fingerprint density at radius 3 is 2.59 bits per heavy atom. The summed E-state index contributed by atoms with van der Waals surface area (Å²) >= 11 is 0. The Morgan fingerprint density at radius 1 is 1.28 bits per heavy atom. The summed E-state index contributed by atoms with van der Waals surface area (Å²) in [6.07, 6.45) is 5.48. The SMILES string of the molecule is CN(N)/C=C(\N)c1ccc2cnc(NC(=O)C3CCN(S(C)(=O)=O)CC3)cc2c1. The molecule has 29 heavy (non-hydrogen) atoms. The van der Waals surface area contributed by atoms with Crippen molar-refractivity contribution >= 4 is 38.2 Å². The van der Waals surface area contributed by atoms with Gasteiger partial charge in [-0.1, -0.05) is 12.1 Å². The lowest BCUT2D eigenvalue weighted by molar-refractivity contribution is -0.120. The number of sulfonamides is 1. The Morgan fingerprint density at radius 2 is 1.97 bits per heavy atom. The highest BCUT2D eigenvalue weighted by Gasteiger charge is 2.29. The molecule has 1 saturated heterocycles. The van der Waals surface area contributed by atoms with Gasteiger partial charge in [-0.25, -0.2) is 23.5 Å². The number of nitrogens with two attached hydrogens (primary N) is 2. The fraction of sp³-hybridized carbons (Fsp3) is 0.368. The molecular weight excluding hydrogens is 392 g/mol. The van der Waals surface area contributed by atoms with E-state index in [0.29, 0.717) is 37.4 Å². The van der Waals surface area contributed by atoms with Crippen molar-refractivity contribution in [1.82, 2.24) is 14.3 Å². The summed E-state index contributed by atoms with van der Waals surface area (Å²) in [4.78, 5) is 16.9. The number of hydrogen-bond donors (Lipinski definition) is 3. The molecule has 1 aromatic carbocycles. The van der Waals surface area contributed by atoms with Crippen LogP contribution in [-0.4, -0.2) is 55.0 Å². The van der Waals surface area contributed by atoms with Crippen molar-refractivity contribution in [1.29, 1.82) is 0 Å². The average Bonchev–Trinajstić information content (AvgIpc) is 2.66. The third-order valence-corrected chi connectivity index (χ3v) is 6.25. The summed E-state index contributed by atoms with van der Waals surface area (Å²) in [6.45, 7) is 0.708. The number of benzene rings is 1. The van der Waals surface area contributed by atoms with Crippen LogP contribution >= 0.6 is 0 Å². The number of nitrogens with one attached hydrogen (secondary N) is 1. The van der Waals surface area contributed by atoms with Gasteiger partial charge >= 0.3 is 0 Å². The molecule has 0 atom stereocenters. The Balaban J connectivity index is 1.72. The Hall–Kier alpha value is -2.69. The van der Waals surface area contributed by atoms with Gasteiger partial charge < -0.3 is 16.1 Å². The lowest BCUT2D eigenvalue weighted by Gasteiger charge is -2.29. The average molecular weight is 419 g/mol. The lowest BCUT2D eigenvalue weighted by atomic mass is 9.97.